The van der Waals surface area contributed by atoms with Gasteiger partial charge in [-0.3, -0.25) is 14.9 Å². The summed E-state index contributed by atoms with van der Waals surface area (Å²) in [6, 6.07) is 24.6. The van der Waals surface area contributed by atoms with Gasteiger partial charge in [0.25, 0.3) is 0 Å². The van der Waals surface area contributed by atoms with Crippen molar-refractivity contribution in [2.45, 2.75) is 24.8 Å². The van der Waals surface area contributed by atoms with Crippen molar-refractivity contribution in [3.63, 3.8) is 0 Å². The van der Waals surface area contributed by atoms with E-state index in [-0.39, 0.29) is 17.6 Å². The lowest BCUT2D eigenvalue weighted by molar-refractivity contribution is -0.137. The molecule has 1 aliphatic rings. The minimum absolute atomic E-state index is 0.0932. The molecule has 1 saturated heterocycles. The van der Waals surface area contributed by atoms with Gasteiger partial charge >= 0.3 is 0 Å². The molecule has 0 aliphatic carbocycles. The van der Waals surface area contributed by atoms with Gasteiger partial charge in [-0.25, -0.2) is 4.39 Å². The zero-order valence-electron chi connectivity index (χ0n) is 18.8. The fraction of sp³-hybridized carbons (Fsp3) is 0.185. The fourth-order valence-electron chi connectivity index (χ4n) is 4.41. The molecule has 6 nitrogen and oxygen atoms in total. The second-order valence-electron chi connectivity index (χ2n) is 8.35. The van der Waals surface area contributed by atoms with Crippen LogP contribution in [0.25, 0.3) is 10.6 Å². The highest BCUT2D eigenvalue weighted by Gasteiger charge is 2.38. The smallest absolute Gasteiger partial charge is 0.249 e. The summed E-state index contributed by atoms with van der Waals surface area (Å²) in [5.41, 5.74) is 2.50. The summed E-state index contributed by atoms with van der Waals surface area (Å²) < 4.78 is 13.2. The molecular weight excluding hydrogens is 463 g/mol. The molecule has 3 aromatic carbocycles. The first kappa shape index (κ1) is 22.9. The van der Waals surface area contributed by atoms with E-state index in [0.29, 0.717) is 23.1 Å². The van der Waals surface area contributed by atoms with Gasteiger partial charge < -0.3 is 4.90 Å². The minimum atomic E-state index is -0.587. The molecule has 35 heavy (non-hydrogen) atoms. The van der Waals surface area contributed by atoms with Crippen LogP contribution in [0.1, 0.15) is 29.9 Å². The van der Waals surface area contributed by atoms with E-state index in [9.17, 15) is 14.0 Å². The number of benzene rings is 3. The first-order valence-electron chi connectivity index (χ1n) is 11.4. The van der Waals surface area contributed by atoms with Gasteiger partial charge in [0.05, 0.1) is 5.92 Å². The van der Waals surface area contributed by atoms with Gasteiger partial charge in [0.2, 0.25) is 16.9 Å². The molecule has 0 bridgehead atoms. The molecule has 176 valence electrons. The van der Waals surface area contributed by atoms with Crippen LogP contribution in [0.3, 0.4) is 0 Å². The number of nitrogens with zero attached hydrogens (tertiary/aromatic N) is 3. The van der Waals surface area contributed by atoms with Crippen molar-refractivity contribution in [1.29, 1.82) is 0 Å². The molecule has 1 atom stereocenters. The minimum Gasteiger partial charge on any atom is -0.330 e. The van der Waals surface area contributed by atoms with Crippen LogP contribution < -0.4 is 5.32 Å². The van der Waals surface area contributed by atoms with Crippen molar-refractivity contribution < 1.29 is 14.0 Å². The van der Waals surface area contributed by atoms with Crippen molar-refractivity contribution in [3.05, 3.63) is 102 Å². The van der Waals surface area contributed by atoms with Crippen molar-refractivity contribution in [2.75, 3.05) is 11.9 Å². The number of rotatable bonds is 6. The molecule has 4 aromatic rings. The largest absolute Gasteiger partial charge is 0.330 e. The predicted molar refractivity (Wildman–Crippen MR) is 133 cm³/mol. The number of hydrogen-bond donors (Lipinski definition) is 1. The number of likely N-dealkylation sites (tertiary alicyclic amines) is 1. The molecule has 2 amide bonds. The molecule has 5 rings (SSSR count). The lowest BCUT2D eigenvalue weighted by Gasteiger charge is -2.28. The number of carbonyl (C=O) groups is 2. The molecule has 0 spiro atoms. The first-order chi connectivity index (χ1) is 17.1. The Hall–Kier alpha value is -3.91. The Labute approximate surface area is 206 Å². The molecule has 1 aromatic heterocycles. The number of aromatic nitrogens is 2. The lowest BCUT2D eigenvalue weighted by atomic mass is 9.90. The number of halogens is 1. The summed E-state index contributed by atoms with van der Waals surface area (Å²) in [5, 5.41) is 11.9. The van der Waals surface area contributed by atoms with Gasteiger partial charge in [-0.1, -0.05) is 72.0 Å². The Bertz CT molecular complexity index is 1270. The number of carbonyl (C=O) groups excluding carboxylic acids is 2. The van der Waals surface area contributed by atoms with Crippen molar-refractivity contribution >= 4 is 28.3 Å². The molecule has 0 radical (unpaired) electrons. The third kappa shape index (κ3) is 4.97. The van der Waals surface area contributed by atoms with Crippen LogP contribution in [0.4, 0.5) is 9.52 Å². The number of nitrogens with one attached hydrogen (secondary N) is 1. The number of amides is 2. The summed E-state index contributed by atoms with van der Waals surface area (Å²) >= 11 is 1.21. The Morgan fingerprint density at radius 3 is 2.17 bits per heavy atom. The van der Waals surface area contributed by atoms with Crippen LogP contribution in [0.2, 0.25) is 0 Å². The Morgan fingerprint density at radius 1 is 0.914 bits per heavy atom. The Morgan fingerprint density at radius 2 is 1.54 bits per heavy atom. The van der Waals surface area contributed by atoms with Crippen molar-refractivity contribution in [1.82, 2.24) is 15.1 Å². The summed E-state index contributed by atoms with van der Waals surface area (Å²) in [6.07, 6.45) is 1.33. The summed E-state index contributed by atoms with van der Waals surface area (Å²) in [6.45, 7) is 0.518. The molecule has 1 N–H and O–H groups in total. The topological polar surface area (TPSA) is 75.2 Å². The molecule has 1 unspecified atom stereocenters. The van der Waals surface area contributed by atoms with Gasteiger partial charge in [-0.05, 0) is 48.2 Å². The van der Waals surface area contributed by atoms with Gasteiger partial charge in [0.1, 0.15) is 16.9 Å². The molecule has 0 saturated carbocycles. The average molecular weight is 487 g/mol. The summed E-state index contributed by atoms with van der Waals surface area (Å²) in [4.78, 5) is 28.7. The SMILES string of the molecule is O=C(Nc1nnc(-c2ccc(F)cc2)s1)C1CCCN1C(=O)C(c1ccccc1)c1ccccc1. The highest BCUT2D eigenvalue weighted by molar-refractivity contribution is 7.18. The van der Waals surface area contributed by atoms with E-state index in [4.69, 9.17) is 0 Å². The first-order valence-corrected chi connectivity index (χ1v) is 12.2. The second kappa shape index (κ2) is 10.1. The van der Waals surface area contributed by atoms with E-state index in [2.05, 4.69) is 15.5 Å². The normalized spacial score (nSPS) is 15.4. The second-order valence-corrected chi connectivity index (χ2v) is 9.33. The van der Waals surface area contributed by atoms with E-state index in [1.807, 2.05) is 60.7 Å². The van der Waals surface area contributed by atoms with Gasteiger partial charge in [0, 0.05) is 12.1 Å². The highest BCUT2D eigenvalue weighted by Crippen LogP contribution is 2.31. The summed E-state index contributed by atoms with van der Waals surface area (Å²) in [7, 11) is 0. The molecule has 2 heterocycles. The highest BCUT2D eigenvalue weighted by atomic mass is 32.1. The van der Waals surface area contributed by atoms with Crippen LogP contribution in [-0.2, 0) is 9.59 Å². The van der Waals surface area contributed by atoms with Crippen LogP contribution >= 0.6 is 11.3 Å². The maximum atomic E-state index is 13.8. The van der Waals surface area contributed by atoms with E-state index in [0.717, 1.165) is 23.1 Å². The van der Waals surface area contributed by atoms with E-state index in [1.165, 1.54) is 23.5 Å². The van der Waals surface area contributed by atoms with Gasteiger partial charge in [-0.2, -0.15) is 0 Å². The predicted octanol–water partition coefficient (Wildman–Crippen LogP) is 5.11. The monoisotopic (exact) mass is 486 g/mol. The van der Waals surface area contributed by atoms with E-state index < -0.39 is 12.0 Å². The van der Waals surface area contributed by atoms with Gasteiger partial charge in [0.15, 0.2) is 0 Å². The van der Waals surface area contributed by atoms with Crippen LogP contribution in [0.5, 0.6) is 0 Å². The average Bonchev–Trinajstić information content (AvgIpc) is 3.56. The molecule has 1 aliphatic heterocycles. The third-order valence-electron chi connectivity index (χ3n) is 6.10. The van der Waals surface area contributed by atoms with Crippen molar-refractivity contribution in [3.8, 4) is 10.6 Å². The lowest BCUT2D eigenvalue weighted by Crippen LogP contribution is -2.45. The van der Waals surface area contributed by atoms with Crippen LogP contribution in [-0.4, -0.2) is 39.5 Å². The van der Waals surface area contributed by atoms with Crippen LogP contribution in [0.15, 0.2) is 84.9 Å². The molecule has 8 heteroatoms. The zero-order valence-corrected chi connectivity index (χ0v) is 19.6. The number of hydrogen-bond acceptors (Lipinski definition) is 5. The molecular formula is C27H23FN4O2S. The van der Waals surface area contributed by atoms with Gasteiger partial charge in [-0.15, -0.1) is 10.2 Å². The standard InChI is InChI=1S/C27H23FN4O2S/c28-21-15-13-20(14-16-21)25-30-31-27(35-25)29-24(33)22-12-7-17-32(22)26(34)23(18-8-3-1-4-9-18)19-10-5-2-6-11-19/h1-6,8-11,13-16,22-23H,7,12,17H2,(H,29,31,33). The zero-order chi connectivity index (χ0) is 24.2. The fourth-order valence-corrected chi connectivity index (χ4v) is 5.16. The maximum absolute atomic E-state index is 13.8. The Balaban J connectivity index is 1.35. The summed E-state index contributed by atoms with van der Waals surface area (Å²) in [5.74, 6) is -1.19. The molecule has 1 fully saturated rings. The van der Waals surface area contributed by atoms with Crippen LogP contribution in [0, 0.1) is 5.82 Å². The third-order valence-corrected chi connectivity index (χ3v) is 6.99. The van der Waals surface area contributed by atoms with E-state index >= 15 is 0 Å². The Kier molecular flexibility index (Phi) is 6.63. The van der Waals surface area contributed by atoms with E-state index in [1.54, 1.807) is 17.0 Å². The maximum Gasteiger partial charge on any atom is 0.249 e. The quantitative estimate of drug-likeness (QED) is 0.411. The van der Waals surface area contributed by atoms with Crippen molar-refractivity contribution in [2.24, 2.45) is 0 Å². The number of anilines is 1.